The van der Waals surface area contributed by atoms with Crippen molar-refractivity contribution >= 4 is 16.0 Å². The van der Waals surface area contributed by atoms with Gasteiger partial charge in [-0.3, -0.25) is 0 Å². The van der Waals surface area contributed by atoms with Gasteiger partial charge >= 0.3 is 5.97 Å². The largest absolute Gasteiger partial charge is 0.456 e. The van der Waals surface area contributed by atoms with Crippen molar-refractivity contribution in [1.82, 2.24) is 4.31 Å². The van der Waals surface area contributed by atoms with Crippen LogP contribution in [-0.2, 0) is 19.5 Å². The smallest absolute Gasteiger partial charge is 0.374 e. The van der Waals surface area contributed by atoms with E-state index in [1.165, 1.54) is 22.9 Å². The SMILES string of the molecule is C[C@H]1[C@@H](OC(=O)c2ccc(S(=O)(=O)N3CCOCC3)o2)C[C@H]2C[C@H]1C2(C)C. The highest BCUT2D eigenvalue weighted by molar-refractivity contribution is 7.89. The summed E-state index contributed by atoms with van der Waals surface area (Å²) in [7, 11) is -3.76. The molecule has 0 radical (unpaired) electrons. The van der Waals surface area contributed by atoms with Gasteiger partial charge in [-0.2, -0.15) is 4.31 Å². The van der Waals surface area contributed by atoms with E-state index in [1.807, 2.05) is 0 Å². The molecule has 5 rings (SSSR count). The van der Waals surface area contributed by atoms with E-state index in [-0.39, 0.29) is 30.0 Å². The molecule has 2 heterocycles. The standard InChI is InChI=1S/C19H27NO6S/c1-12-14-10-13(19(14,2)3)11-16(12)26-18(21)15-4-5-17(25-15)27(22,23)20-6-8-24-9-7-20/h4-5,12-14,16H,6-11H2,1-3H3/t12-,13-,14-,16+/m1/s1. The van der Waals surface area contributed by atoms with Crippen molar-refractivity contribution in [2.75, 3.05) is 26.3 Å². The van der Waals surface area contributed by atoms with Crippen molar-refractivity contribution in [3.8, 4) is 0 Å². The first kappa shape index (κ1) is 19.0. The van der Waals surface area contributed by atoms with Crippen molar-refractivity contribution < 1.29 is 27.1 Å². The minimum Gasteiger partial charge on any atom is -0.456 e. The fourth-order valence-electron chi connectivity index (χ4n) is 4.94. The molecule has 0 N–H and O–H groups in total. The van der Waals surface area contributed by atoms with Crippen molar-refractivity contribution in [3.05, 3.63) is 17.9 Å². The highest BCUT2D eigenvalue weighted by Crippen LogP contribution is 2.61. The summed E-state index contributed by atoms with van der Waals surface area (Å²) in [5.41, 5.74) is 0.312. The third-order valence-corrected chi connectivity index (χ3v) is 8.66. The van der Waals surface area contributed by atoms with Crippen LogP contribution in [0.5, 0.6) is 0 Å². The average molecular weight is 397 g/mol. The van der Waals surface area contributed by atoms with Gasteiger partial charge in [0.15, 0.2) is 0 Å². The van der Waals surface area contributed by atoms with Crippen LogP contribution in [-0.4, -0.2) is 51.1 Å². The fraction of sp³-hybridized carbons (Fsp3) is 0.737. The summed E-state index contributed by atoms with van der Waals surface area (Å²) in [4.78, 5) is 12.5. The monoisotopic (exact) mass is 397 g/mol. The first-order chi connectivity index (χ1) is 12.7. The molecule has 150 valence electrons. The van der Waals surface area contributed by atoms with Crippen LogP contribution < -0.4 is 0 Å². The number of hydrogen-bond donors (Lipinski definition) is 0. The molecule has 3 aliphatic carbocycles. The number of esters is 1. The molecular formula is C19H27NO6S. The number of carbonyl (C=O) groups excluding carboxylic acids is 1. The summed E-state index contributed by atoms with van der Waals surface area (Å²) in [6, 6.07) is 2.71. The van der Waals surface area contributed by atoms with Gasteiger partial charge in [0.25, 0.3) is 10.0 Å². The number of hydrogen-bond acceptors (Lipinski definition) is 6. The molecule has 0 amide bonds. The molecule has 4 aliphatic rings. The van der Waals surface area contributed by atoms with Crippen LogP contribution in [0.25, 0.3) is 0 Å². The second-order valence-electron chi connectivity index (χ2n) is 8.53. The van der Waals surface area contributed by atoms with Crippen molar-refractivity contribution in [3.63, 3.8) is 0 Å². The molecular weight excluding hydrogens is 370 g/mol. The van der Waals surface area contributed by atoms with Gasteiger partial charge in [-0.05, 0) is 48.1 Å². The fourth-order valence-corrected chi connectivity index (χ4v) is 6.26. The summed E-state index contributed by atoms with van der Waals surface area (Å²) in [6.45, 7) is 7.98. The average Bonchev–Trinajstić information content (AvgIpc) is 3.14. The molecule has 0 spiro atoms. The van der Waals surface area contributed by atoms with Gasteiger partial charge in [0.2, 0.25) is 10.9 Å². The van der Waals surface area contributed by atoms with Crippen LogP contribution in [0.1, 0.15) is 44.2 Å². The summed E-state index contributed by atoms with van der Waals surface area (Å²) < 4.78 is 42.8. The Balaban J connectivity index is 1.44. The van der Waals surface area contributed by atoms with Gasteiger partial charge in [-0.1, -0.05) is 20.8 Å². The van der Waals surface area contributed by atoms with E-state index < -0.39 is 16.0 Å². The quantitative estimate of drug-likeness (QED) is 0.726. The molecule has 0 unspecified atom stereocenters. The zero-order valence-electron chi connectivity index (χ0n) is 16.0. The molecule has 1 aromatic heterocycles. The third-order valence-electron chi connectivity index (χ3n) is 6.89. The van der Waals surface area contributed by atoms with Crippen LogP contribution in [0.2, 0.25) is 0 Å². The van der Waals surface area contributed by atoms with E-state index in [1.54, 1.807) is 0 Å². The number of fused-ring (bicyclic) bond motifs is 2. The van der Waals surface area contributed by atoms with Gasteiger partial charge in [-0.25, -0.2) is 13.2 Å². The number of sulfonamides is 1. The Bertz CT molecular complexity index is 823. The van der Waals surface area contributed by atoms with E-state index in [0.717, 1.165) is 6.42 Å². The molecule has 1 aliphatic heterocycles. The summed E-state index contributed by atoms with van der Waals surface area (Å²) >= 11 is 0. The molecule has 27 heavy (non-hydrogen) atoms. The van der Waals surface area contributed by atoms with Crippen molar-refractivity contribution in [2.24, 2.45) is 23.2 Å². The van der Waals surface area contributed by atoms with E-state index in [0.29, 0.717) is 36.4 Å². The van der Waals surface area contributed by atoms with Crippen LogP contribution in [0.15, 0.2) is 21.6 Å². The van der Waals surface area contributed by atoms with Gasteiger partial charge in [0.1, 0.15) is 6.10 Å². The molecule has 4 atom stereocenters. The van der Waals surface area contributed by atoms with E-state index in [4.69, 9.17) is 13.9 Å². The number of ether oxygens (including phenoxy) is 2. The molecule has 4 fully saturated rings. The number of rotatable bonds is 4. The Hall–Kier alpha value is -1.38. The maximum absolute atomic E-state index is 12.6. The lowest BCUT2D eigenvalue weighted by Crippen LogP contribution is -2.57. The number of nitrogens with zero attached hydrogens (tertiary/aromatic N) is 1. The molecule has 1 saturated heterocycles. The Kier molecular flexibility index (Phi) is 4.63. The second kappa shape index (κ2) is 6.60. The van der Waals surface area contributed by atoms with Crippen molar-refractivity contribution in [1.29, 1.82) is 0 Å². The summed E-state index contributed by atoms with van der Waals surface area (Å²) in [6.07, 6.45) is 1.92. The predicted octanol–water partition coefficient (Wildman–Crippen LogP) is 2.53. The first-order valence-electron chi connectivity index (χ1n) is 9.60. The molecule has 8 heteroatoms. The van der Waals surface area contributed by atoms with Crippen LogP contribution in [0.4, 0.5) is 0 Å². The Labute approximate surface area is 160 Å². The van der Waals surface area contributed by atoms with E-state index in [9.17, 15) is 13.2 Å². The molecule has 3 saturated carbocycles. The summed E-state index contributed by atoms with van der Waals surface area (Å²) in [5.74, 6) is 0.774. The van der Waals surface area contributed by atoms with Gasteiger partial charge in [0, 0.05) is 13.1 Å². The zero-order valence-corrected chi connectivity index (χ0v) is 16.8. The van der Waals surface area contributed by atoms with E-state index in [2.05, 4.69) is 20.8 Å². The van der Waals surface area contributed by atoms with Gasteiger partial charge < -0.3 is 13.9 Å². The Morgan fingerprint density at radius 1 is 1.22 bits per heavy atom. The van der Waals surface area contributed by atoms with Crippen molar-refractivity contribution in [2.45, 2.75) is 44.8 Å². The number of carbonyl (C=O) groups is 1. The lowest BCUT2D eigenvalue weighted by atomic mass is 9.45. The molecule has 2 bridgehead atoms. The van der Waals surface area contributed by atoms with E-state index >= 15 is 0 Å². The zero-order chi connectivity index (χ0) is 19.4. The lowest BCUT2D eigenvalue weighted by molar-refractivity contribution is -0.157. The minimum atomic E-state index is -3.76. The molecule has 7 nitrogen and oxygen atoms in total. The van der Waals surface area contributed by atoms with Gasteiger partial charge in [0.05, 0.1) is 13.2 Å². The molecule has 1 aromatic rings. The van der Waals surface area contributed by atoms with Gasteiger partial charge in [-0.15, -0.1) is 0 Å². The van der Waals surface area contributed by atoms with Crippen LogP contribution >= 0.6 is 0 Å². The third kappa shape index (κ3) is 3.11. The lowest BCUT2D eigenvalue weighted by Gasteiger charge is -2.61. The maximum Gasteiger partial charge on any atom is 0.374 e. The number of morpholine rings is 1. The van der Waals surface area contributed by atoms with Crippen LogP contribution in [0, 0.1) is 23.2 Å². The Morgan fingerprint density at radius 3 is 2.56 bits per heavy atom. The molecule has 0 aromatic carbocycles. The maximum atomic E-state index is 12.6. The predicted molar refractivity (Wildman–Crippen MR) is 96.6 cm³/mol. The Morgan fingerprint density at radius 2 is 1.93 bits per heavy atom. The topological polar surface area (TPSA) is 86.1 Å². The number of furan rings is 1. The first-order valence-corrected chi connectivity index (χ1v) is 11.0. The highest BCUT2D eigenvalue weighted by Gasteiger charge is 2.57. The minimum absolute atomic E-state index is 0.0625. The normalized spacial score (nSPS) is 33.3. The highest BCUT2D eigenvalue weighted by atomic mass is 32.2. The van der Waals surface area contributed by atoms with Crippen LogP contribution in [0.3, 0.4) is 0 Å². The second-order valence-corrected chi connectivity index (χ2v) is 10.4. The summed E-state index contributed by atoms with van der Waals surface area (Å²) in [5, 5.41) is -0.225.